The normalized spacial score (nSPS) is 19.9. The first-order valence-electron chi connectivity index (χ1n) is 6.50. The predicted octanol–water partition coefficient (Wildman–Crippen LogP) is 1.63. The van der Waals surface area contributed by atoms with Gasteiger partial charge in [0.1, 0.15) is 0 Å². The highest BCUT2D eigenvalue weighted by Gasteiger charge is 2.32. The Bertz CT molecular complexity index is 200. The molecule has 0 heterocycles. The molecule has 1 saturated carbocycles. The number of aliphatic hydroxyl groups excluding tert-OH is 2. The van der Waals surface area contributed by atoms with Crippen LogP contribution >= 0.6 is 0 Å². The van der Waals surface area contributed by atoms with Crippen LogP contribution in [0.25, 0.3) is 0 Å². The fourth-order valence-electron chi connectivity index (χ4n) is 2.07. The maximum Gasteiger partial charge on any atom is 0.0575 e. The second-order valence-corrected chi connectivity index (χ2v) is 5.80. The lowest BCUT2D eigenvalue weighted by Crippen LogP contribution is -2.48. The number of hydrogen-bond acceptors (Lipinski definition) is 3. The van der Waals surface area contributed by atoms with Crippen molar-refractivity contribution < 1.29 is 10.2 Å². The Balaban J connectivity index is 2.48. The SMILES string of the molecule is CC(O)C(C)(C)CN(CCCO)C1CCC1. The first kappa shape index (κ1) is 13.9. The molecule has 2 N–H and O–H groups in total. The summed E-state index contributed by atoms with van der Waals surface area (Å²) in [6.45, 7) is 8.24. The Labute approximate surface area is 99.5 Å². The number of hydrogen-bond donors (Lipinski definition) is 2. The van der Waals surface area contributed by atoms with Gasteiger partial charge in [0.25, 0.3) is 0 Å². The van der Waals surface area contributed by atoms with E-state index in [4.69, 9.17) is 5.11 Å². The second kappa shape index (κ2) is 5.99. The summed E-state index contributed by atoms with van der Waals surface area (Å²) in [5.74, 6) is 0. The van der Waals surface area contributed by atoms with Gasteiger partial charge in [0.15, 0.2) is 0 Å². The van der Waals surface area contributed by atoms with Crippen molar-refractivity contribution in [2.75, 3.05) is 19.7 Å². The van der Waals surface area contributed by atoms with Gasteiger partial charge in [-0.25, -0.2) is 0 Å². The van der Waals surface area contributed by atoms with E-state index in [1.165, 1.54) is 19.3 Å². The Morgan fingerprint density at radius 1 is 1.38 bits per heavy atom. The monoisotopic (exact) mass is 229 g/mol. The fourth-order valence-corrected chi connectivity index (χ4v) is 2.07. The molecule has 1 fully saturated rings. The Hall–Kier alpha value is -0.120. The van der Waals surface area contributed by atoms with Gasteiger partial charge in [0.2, 0.25) is 0 Å². The van der Waals surface area contributed by atoms with Crippen molar-refractivity contribution in [3.63, 3.8) is 0 Å². The van der Waals surface area contributed by atoms with Crippen molar-refractivity contribution in [1.82, 2.24) is 4.90 Å². The molecule has 0 spiro atoms. The molecule has 3 nitrogen and oxygen atoms in total. The lowest BCUT2D eigenvalue weighted by molar-refractivity contribution is 0.00628. The largest absolute Gasteiger partial charge is 0.396 e. The van der Waals surface area contributed by atoms with Gasteiger partial charge in [0, 0.05) is 31.2 Å². The highest BCUT2D eigenvalue weighted by molar-refractivity contribution is 4.86. The minimum Gasteiger partial charge on any atom is -0.396 e. The maximum absolute atomic E-state index is 9.75. The summed E-state index contributed by atoms with van der Waals surface area (Å²) in [6.07, 6.45) is 4.44. The van der Waals surface area contributed by atoms with E-state index in [-0.39, 0.29) is 18.1 Å². The van der Waals surface area contributed by atoms with Crippen LogP contribution in [0.2, 0.25) is 0 Å². The van der Waals surface area contributed by atoms with Crippen LogP contribution in [0.4, 0.5) is 0 Å². The van der Waals surface area contributed by atoms with E-state index < -0.39 is 0 Å². The maximum atomic E-state index is 9.75. The van der Waals surface area contributed by atoms with E-state index in [1.54, 1.807) is 0 Å². The zero-order valence-corrected chi connectivity index (χ0v) is 10.9. The fraction of sp³-hybridized carbons (Fsp3) is 1.00. The molecule has 1 unspecified atom stereocenters. The van der Waals surface area contributed by atoms with Gasteiger partial charge in [-0.1, -0.05) is 20.3 Å². The van der Waals surface area contributed by atoms with E-state index in [9.17, 15) is 5.11 Å². The average Bonchev–Trinajstić information content (AvgIpc) is 2.10. The molecule has 1 aliphatic carbocycles. The van der Waals surface area contributed by atoms with Crippen molar-refractivity contribution in [2.24, 2.45) is 5.41 Å². The van der Waals surface area contributed by atoms with Gasteiger partial charge in [-0.2, -0.15) is 0 Å². The Kier molecular flexibility index (Phi) is 5.22. The first-order chi connectivity index (χ1) is 7.47. The van der Waals surface area contributed by atoms with Gasteiger partial charge in [0.05, 0.1) is 6.10 Å². The molecule has 0 amide bonds. The third-order valence-corrected chi connectivity index (χ3v) is 3.94. The third kappa shape index (κ3) is 3.72. The predicted molar refractivity (Wildman–Crippen MR) is 66.4 cm³/mol. The van der Waals surface area contributed by atoms with E-state index in [2.05, 4.69) is 18.7 Å². The molecule has 0 saturated heterocycles. The molecule has 1 rings (SSSR count). The molecule has 1 aliphatic rings. The van der Waals surface area contributed by atoms with Gasteiger partial charge < -0.3 is 10.2 Å². The summed E-state index contributed by atoms with van der Waals surface area (Å²) in [4.78, 5) is 2.45. The lowest BCUT2D eigenvalue weighted by Gasteiger charge is -2.42. The molecule has 3 heteroatoms. The second-order valence-electron chi connectivity index (χ2n) is 5.80. The van der Waals surface area contributed by atoms with Crippen molar-refractivity contribution >= 4 is 0 Å². The lowest BCUT2D eigenvalue weighted by atomic mass is 9.84. The smallest absolute Gasteiger partial charge is 0.0575 e. The zero-order valence-electron chi connectivity index (χ0n) is 10.9. The molecule has 0 aromatic heterocycles. The highest BCUT2D eigenvalue weighted by atomic mass is 16.3. The summed E-state index contributed by atoms with van der Waals surface area (Å²) in [5.41, 5.74) is -0.0644. The van der Waals surface area contributed by atoms with Crippen LogP contribution in [0.5, 0.6) is 0 Å². The molecule has 16 heavy (non-hydrogen) atoms. The molecular weight excluding hydrogens is 202 g/mol. The van der Waals surface area contributed by atoms with Crippen LogP contribution in [0.3, 0.4) is 0 Å². The van der Waals surface area contributed by atoms with Crippen molar-refractivity contribution in [3.05, 3.63) is 0 Å². The molecule has 96 valence electrons. The summed E-state index contributed by atoms with van der Waals surface area (Å²) in [5, 5.41) is 18.7. The van der Waals surface area contributed by atoms with Gasteiger partial charge in [-0.15, -0.1) is 0 Å². The number of aliphatic hydroxyl groups is 2. The summed E-state index contributed by atoms with van der Waals surface area (Å²) >= 11 is 0. The number of rotatable bonds is 7. The molecule has 0 bridgehead atoms. The van der Waals surface area contributed by atoms with E-state index in [0.717, 1.165) is 19.5 Å². The van der Waals surface area contributed by atoms with Crippen LogP contribution in [0, 0.1) is 5.41 Å². The van der Waals surface area contributed by atoms with Crippen molar-refractivity contribution in [3.8, 4) is 0 Å². The molecular formula is C13H27NO2. The minimum absolute atomic E-state index is 0.0644. The van der Waals surface area contributed by atoms with Crippen LogP contribution in [0.1, 0.15) is 46.5 Å². The van der Waals surface area contributed by atoms with E-state index in [0.29, 0.717) is 6.04 Å². The topological polar surface area (TPSA) is 43.7 Å². The van der Waals surface area contributed by atoms with Crippen molar-refractivity contribution in [2.45, 2.75) is 58.6 Å². The van der Waals surface area contributed by atoms with Gasteiger partial charge in [-0.05, 0) is 26.2 Å². The summed E-state index contributed by atoms with van der Waals surface area (Å²) in [7, 11) is 0. The van der Waals surface area contributed by atoms with Crippen LogP contribution < -0.4 is 0 Å². The Morgan fingerprint density at radius 2 is 2.00 bits per heavy atom. The van der Waals surface area contributed by atoms with Gasteiger partial charge in [-0.3, -0.25) is 4.90 Å². The third-order valence-electron chi connectivity index (χ3n) is 3.94. The van der Waals surface area contributed by atoms with Gasteiger partial charge >= 0.3 is 0 Å². The summed E-state index contributed by atoms with van der Waals surface area (Å²) < 4.78 is 0. The number of nitrogens with zero attached hydrogens (tertiary/aromatic N) is 1. The van der Waals surface area contributed by atoms with E-state index in [1.807, 2.05) is 6.92 Å². The minimum atomic E-state index is -0.288. The average molecular weight is 229 g/mol. The molecule has 1 atom stereocenters. The molecule has 0 aliphatic heterocycles. The zero-order chi connectivity index (χ0) is 12.2. The van der Waals surface area contributed by atoms with Crippen LogP contribution in [-0.2, 0) is 0 Å². The Morgan fingerprint density at radius 3 is 2.38 bits per heavy atom. The van der Waals surface area contributed by atoms with Crippen LogP contribution in [0.15, 0.2) is 0 Å². The quantitative estimate of drug-likeness (QED) is 0.697. The van der Waals surface area contributed by atoms with E-state index >= 15 is 0 Å². The molecule has 0 radical (unpaired) electrons. The molecule has 0 aromatic rings. The van der Waals surface area contributed by atoms with Crippen LogP contribution in [-0.4, -0.2) is 47.0 Å². The molecule has 0 aromatic carbocycles. The highest BCUT2D eigenvalue weighted by Crippen LogP contribution is 2.29. The first-order valence-corrected chi connectivity index (χ1v) is 6.50. The van der Waals surface area contributed by atoms with Crippen molar-refractivity contribution in [1.29, 1.82) is 0 Å². The standard InChI is InChI=1S/C13H27NO2/c1-11(16)13(2,3)10-14(8-5-9-15)12-6-4-7-12/h11-12,15-16H,4-10H2,1-3H3. The summed E-state index contributed by atoms with van der Waals surface area (Å²) in [6, 6.07) is 0.685.